The molecule has 0 aliphatic heterocycles. The number of carbonyl (C=O) groups is 1. The van der Waals surface area contributed by atoms with Gasteiger partial charge < -0.3 is 9.47 Å². The van der Waals surface area contributed by atoms with E-state index in [4.69, 9.17) is 21.1 Å². The van der Waals surface area contributed by atoms with Crippen LogP contribution in [0.25, 0.3) is 0 Å². The maximum atomic E-state index is 13.7. The third kappa shape index (κ3) is 6.54. The minimum atomic E-state index is -4.50. The number of hydrazone groups is 1. The first-order valence-corrected chi connectivity index (χ1v) is 12.5. The third-order valence-electron chi connectivity index (χ3n) is 5.16. The van der Waals surface area contributed by atoms with Crippen molar-refractivity contribution >= 4 is 45.1 Å². The van der Waals surface area contributed by atoms with Crippen molar-refractivity contribution in [2.45, 2.75) is 11.8 Å². The van der Waals surface area contributed by atoms with Crippen molar-refractivity contribution in [1.82, 2.24) is 5.43 Å². The second-order valence-electron chi connectivity index (χ2n) is 7.60. The Kier molecular flexibility index (Phi) is 8.69. The summed E-state index contributed by atoms with van der Waals surface area (Å²) in [6, 6.07) is 14.6. The molecule has 0 atom stereocenters. The molecule has 3 aromatic rings. The van der Waals surface area contributed by atoms with Crippen LogP contribution in [-0.4, -0.2) is 46.2 Å². The van der Waals surface area contributed by atoms with Crippen molar-refractivity contribution in [3.05, 3.63) is 86.9 Å². The van der Waals surface area contributed by atoms with Gasteiger partial charge in [-0.2, -0.15) is 5.10 Å². The number of nitro groups is 1. The Morgan fingerprint density at radius 2 is 1.89 bits per heavy atom. The van der Waals surface area contributed by atoms with Gasteiger partial charge in [0.15, 0.2) is 0 Å². The van der Waals surface area contributed by atoms with Gasteiger partial charge in [0.25, 0.3) is 21.6 Å². The van der Waals surface area contributed by atoms with Crippen LogP contribution >= 0.6 is 11.6 Å². The van der Waals surface area contributed by atoms with Crippen molar-refractivity contribution in [2.24, 2.45) is 5.10 Å². The summed E-state index contributed by atoms with van der Waals surface area (Å²) in [6.45, 7) is 0.760. The summed E-state index contributed by atoms with van der Waals surface area (Å²) in [5.41, 5.74) is 2.78. The standard InChI is InChI=1S/C24H23ClN4O7S/c1-16-7-9-20(13-21(16)29(31)32)37(33,34)28(22-12-18(25)8-10-23(22)36-3)15-24(30)27-26-14-17-5-4-6-19(11-17)35-2/h4-14H,15H2,1-3H3,(H,27,30)/b26-14-. The minimum absolute atomic E-state index is 0.0369. The van der Waals surface area contributed by atoms with E-state index < -0.39 is 27.4 Å². The average Bonchev–Trinajstić information content (AvgIpc) is 2.87. The maximum Gasteiger partial charge on any atom is 0.273 e. The van der Waals surface area contributed by atoms with Crippen LogP contribution in [0, 0.1) is 17.0 Å². The molecule has 194 valence electrons. The number of anilines is 1. The van der Waals surface area contributed by atoms with E-state index in [2.05, 4.69) is 10.5 Å². The Labute approximate surface area is 218 Å². The normalized spacial score (nSPS) is 11.2. The third-order valence-corrected chi connectivity index (χ3v) is 7.15. The van der Waals surface area contributed by atoms with Gasteiger partial charge in [0.05, 0.1) is 35.9 Å². The highest BCUT2D eigenvalue weighted by Crippen LogP contribution is 2.35. The van der Waals surface area contributed by atoms with E-state index in [1.807, 2.05) is 0 Å². The average molecular weight is 547 g/mol. The molecule has 0 saturated carbocycles. The first-order valence-electron chi connectivity index (χ1n) is 10.6. The van der Waals surface area contributed by atoms with Crippen molar-refractivity contribution < 1.29 is 27.6 Å². The van der Waals surface area contributed by atoms with E-state index in [9.17, 15) is 23.3 Å². The number of nitrogens with one attached hydrogen (secondary N) is 1. The van der Waals surface area contributed by atoms with Crippen LogP contribution in [0.3, 0.4) is 0 Å². The molecule has 0 saturated heterocycles. The van der Waals surface area contributed by atoms with Crippen LogP contribution in [0.15, 0.2) is 70.7 Å². The van der Waals surface area contributed by atoms with E-state index in [0.29, 0.717) is 11.3 Å². The highest BCUT2D eigenvalue weighted by Gasteiger charge is 2.31. The predicted molar refractivity (Wildman–Crippen MR) is 139 cm³/mol. The smallest absolute Gasteiger partial charge is 0.273 e. The zero-order valence-corrected chi connectivity index (χ0v) is 21.6. The molecule has 0 radical (unpaired) electrons. The first-order chi connectivity index (χ1) is 17.6. The lowest BCUT2D eigenvalue weighted by molar-refractivity contribution is -0.385. The van der Waals surface area contributed by atoms with Crippen LogP contribution in [-0.2, 0) is 14.8 Å². The highest BCUT2D eigenvalue weighted by molar-refractivity contribution is 7.92. The molecule has 0 spiro atoms. The number of sulfonamides is 1. The minimum Gasteiger partial charge on any atom is -0.497 e. The molecular formula is C24H23ClN4O7S. The quantitative estimate of drug-likeness (QED) is 0.231. The van der Waals surface area contributed by atoms with Crippen LogP contribution in [0.2, 0.25) is 5.02 Å². The second kappa shape index (κ2) is 11.7. The Hall–Kier alpha value is -4.16. The van der Waals surface area contributed by atoms with E-state index in [1.165, 1.54) is 57.7 Å². The lowest BCUT2D eigenvalue weighted by Gasteiger charge is -2.25. The summed E-state index contributed by atoms with van der Waals surface area (Å²) in [5.74, 6) is -0.0820. The SMILES string of the molecule is COc1cccc(/C=N\NC(=O)CN(c2cc(Cl)ccc2OC)S(=O)(=O)c2ccc(C)c([N+](=O)[O-])c2)c1. The molecule has 0 unspecified atom stereocenters. The Morgan fingerprint density at radius 3 is 2.57 bits per heavy atom. The molecule has 0 aliphatic carbocycles. The zero-order chi connectivity index (χ0) is 27.2. The van der Waals surface area contributed by atoms with Crippen molar-refractivity contribution in [3.63, 3.8) is 0 Å². The van der Waals surface area contributed by atoms with Crippen LogP contribution in [0.4, 0.5) is 11.4 Å². The fourth-order valence-electron chi connectivity index (χ4n) is 3.30. The predicted octanol–water partition coefficient (Wildman–Crippen LogP) is 3.92. The summed E-state index contributed by atoms with van der Waals surface area (Å²) in [5, 5.41) is 15.5. The summed E-state index contributed by atoms with van der Waals surface area (Å²) in [4.78, 5) is 23.1. The number of amides is 1. The van der Waals surface area contributed by atoms with Crippen LogP contribution in [0.5, 0.6) is 11.5 Å². The molecular weight excluding hydrogens is 524 g/mol. The largest absolute Gasteiger partial charge is 0.497 e. The molecule has 0 aromatic heterocycles. The van der Waals surface area contributed by atoms with Gasteiger partial charge in [0, 0.05) is 16.7 Å². The van der Waals surface area contributed by atoms with Gasteiger partial charge in [-0.1, -0.05) is 29.8 Å². The number of halogens is 1. The first kappa shape index (κ1) is 27.4. The van der Waals surface area contributed by atoms with Crippen molar-refractivity contribution in [3.8, 4) is 11.5 Å². The highest BCUT2D eigenvalue weighted by atomic mass is 35.5. The summed E-state index contributed by atoms with van der Waals surface area (Å²) < 4.78 is 38.5. The second-order valence-corrected chi connectivity index (χ2v) is 9.90. The zero-order valence-electron chi connectivity index (χ0n) is 20.0. The van der Waals surface area contributed by atoms with Crippen molar-refractivity contribution in [2.75, 3.05) is 25.1 Å². The summed E-state index contributed by atoms with van der Waals surface area (Å²) in [7, 11) is -1.66. The Morgan fingerprint density at radius 1 is 1.14 bits per heavy atom. The van der Waals surface area contributed by atoms with Gasteiger partial charge in [-0.15, -0.1) is 0 Å². The Bertz CT molecular complexity index is 1460. The molecule has 1 N–H and O–H groups in total. The maximum absolute atomic E-state index is 13.7. The molecule has 1 amide bonds. The van der Waals surface area contributed by atoms with Gasteiger partial charge in [-0.25, -0.2) is 13.8 Å². The molecule has 3 rings (SSSR count). The number of aryl methyl sites for hydroxylation is 1. The molecule has 0 heterocycles. The molecule has 0 bridgehead atoms. The molecule has 11 nitrogen and oxygen atoms in total. The molecule has 13 heteroatoms. The molecule has 37 heavy (non-hydrogen) atoms. The van der Waals surface area contributed by atoms with E-state index in [0.717, 1.165) is 10.4 Å². The fourth-order valence-corrected chi connectivity index (χ4v) is 4.91. The number of ether oxygens (including phenoxy) is 2. The van der Waals surface area contributed by atoms with Crippen molar-refractivity contribution in [1.29, 1.82) is 0 Å². The number of hydrogen-bond donors (Lipinski definition) is 1. The lowest BCUT2D eigenvalue weighted by atomic mass is 10.2. The number of rotatable bonds is 10. The van der Waals surface area contributed by atoms with Crippen LogP contribution in [0.1, 0.15) is 11.1 Å². The van der Waals surface area contributed by atoms with E-state index in [-0.39, 0.29) is 32.6 Å². The fraction of sp³-hybridized carbons (Fsp3) is 0.167. The summed E-state index contributed by atoms with van der Waals surface area (Å²) in [6.07, 6.45) is 1.36. The van der Waals surface area contributed by atoms with E-state index in [1.54, 1.807) is 24.3 Å². The number of benzene rings is 3. The topological polar surface area (TPSA) is 140 Å². The number of nitro benzene ring substituents is 1. The van der Waals surface area contributed by atoms with Gasteiger partial charge in [-0.05, 0) is 48.9 Å². The van der Waals surface area contributed by atoms with Gasteiger partial charge in [0.1, 0.15) is 18.0 Å². The number of carbonyl (C=O) groups excluding carboxylic acids is 1. The van der Waals surface area contributed by atoms with Crippen LogP contribution < -0.4 is 19.2 Å². The molecule has 0 fully saturated rings. The number of hydrogen-bond acceptors (Lipinski definition) is 8. The van der Waals surface area contributed by atoms with Gasteiger partial charge >= 0.3 is 0 Å². The van der Waals surface area contributed by atoms with Gasteiger partial charge in [-0.3, -0.25) is 19.2 Å². The molecule has 3 aromatic carbocycles. The summed E-state index contributed by atoms with van der Waals surface area (Å²) >= 11 is 6.11. The van der Waals surface area contributed by atoms with Gasteiger partial charge in [0.2, 0.25) is 0 Å². The Balaban J connectivity index is 1.98. The lowest BCUT2D eigenvalue weighted by Crippen LogP contribution is -2.39. The number of methoxy groups -OCH3 is 2. The molecule has 0 aliphatic rings. The van der Waals surface area contributed by atoms with E-state index >= 15 is 0 Å². The monoisotopic (exact) mass is 546 g/mol. The number of nitrogens with zero attached hydrogens (tertiary/aromatic N) is 3.